The summed E-state index contributed by atoms with van der Waals surface area (Å²) in [7, 11) is 0. The zero-order chi connectivity index (χ0) is 24.6. The molecule has 3 aliphatic rings. The van der Waals surface area contributed by atoms with Crippen LogP contribution in [0.3, 0.4) is 0 Å². The molecule has 1 spiro atoms. The van der Waals surface area contributed by atoms with Crippen molar-refractivity contribution in [1.29, 1.82) is 0 Å². The molecule has 4 aromatic rings. The minimum absolute atomic E-state index is 0.279. The number of carbonyl (C=O) groups is 3. The van der Waals surface area contributed by atoms with Crippen molar-refractivity contribution in [2.24, 2.45) is 11.8 Å². The molecule has 0 bridgehead atoms. The van der Waals surface area contributed by atoms with E-state index in [1.54, 1.807) is 24.3 Å². The first-order valence-corrected chi connectivity index (χ1v) is 12.7. The maximum Gasteiger partial charge on any atom is 0.250 e. The Labute approximate surface area is 215 Å². The maximum absolute atomic E-state index is 14.0. The fourth-order valence-electron chi connectivity index (χ4n) is 6.32. The van der Waals surface area contributed by atoms with Crippen LogP contribution in [0.2, 0.25) is 0 Å². The van der Waals surface area contributed by atoms with Gasteiger partial charge in [0.2, 0.25) is 17.7 Å². The first kappa shape index (κ1) is 21.5. The first-order valence-electron chi connectivity index (χ1n) is 11.9. The van der Waals surface area contributed by atoms with Crippen LogP contribution >= 0.6 is 15.9 Å². The second kappa shape index (κ2) is 7.62. The highest BCUT2D eigenvalue weighted by molar-refractivity contribution is 9.10. The quantitative estimate of drug-likeness (QED) is 0.341. The predicted octanol–water partition coefficient (Wildman–Crippen LogP) is 4.10. The number of fused-ring (bicyclic) bond motifs is 5. The Balaban J connectivity index is 1.37. The maximum atomic E-state index is 14.0. The molecule has 0 saturated carbocycles. The third-order valence-electron chi connectivity index (χ3n) is 7.82. The molecule has 7 nitrogen and oxygen atoms in total. The summed E-state index contributed by atoms with van der Waals surface area (Å²) in [4.78, 5) is 46.2. The van der Waals surface area contributed by atoms with Gasteiger partial charge in [0.1, 0.15) is 5.54 Å². The highest BCUT2D eigenvalue weighted by Gasteiger charge is 2.70. The molecule has 0 aliphatic carbocycles. The number of anilines is 2. The topological polar surface area (TPSA) is 94.3 Å². The molecular formula is C28H21BrN4O3. The summed E-state index contributed by atoms with van der Waals surface area (Å²) in [6.45, 7) is 0. The third kappa shape index (κ3) is 2.79. The lowest BCUT2D eigenvalue weighted by Crippen LogP contribution is -2.53. The van der Waals surface area contributed by atoms with Crippen molar-refractivity contribution < 1.29 is 14.4 Å². The van der Waals surface area contributed by atoms with Crippen LogP contribution in [0.1, 0.15) is 11.1 Å². The van der Waals surface area contributed by atoms with Crippen molar-refractivity contribution >= 4 is 55.9 Å². The number of hydrogen-bond donors (Lipinski definition) is 3. The average Bonchev–Trinajstić information content (AvgIpc) is 3.59. The van der Waals surface area contributed by atoms with E-state index in [1.165, 1.54) is 4.90 Å². The van der Waals surface area contributed by atoms with E-state index in [2.05, 4.69) is 31.5 Å². The number of para-hydroxylation sites is 2. The zero-order valence-corrected chi connectivity index (χ0v) is 20.6. The number of benzene rings is 3. The van der Waals surface area contributed by atoms with Crippen LogP contribution in [-0.4, -0.2) is 28.7 Å². The van der Waals surface area contributed by atoms with E-state index in [1.807, 2.05) is 54.7 Å². The zero-order valence-electron chi connectivity index (χ0n) is 19.0. The van der Waals surface area contributed by atoms with Gasteiger partial charge >= 0.3 is 0 Å². The smallest absolute Gasteiger partial charge is 0.250 e. The van der Waals surface area contributed by atoms with Gasteiger partial charge < -0.3 is 10.3 Å². The molecule has 8 heteroatoms. The second-order valence-corrected chi connectivity index (χ2v) is 10.5. The lowest BCUT2D eigenvalue weighted by Gasteiger charge is -2.29. The standard InChI is InChI=1S/C28H21BrN4O3/c29-16-9-11-17(12-10-16)33-25(34)23-22(13-15-14-30-20-7-3-1-5-18(15)20)32-28(24(23)26(33)35)19-6-2-4-8-21(19)31-27(28)36/h1-12,14,22-24,30,32H,13H2,(H,31,36)/t22-,23-,24+,28+/m1/s1. The van der Waals surface area contributed by atoms with Crippen LogP contribution in [0, 0.1) is 11.8 Å². The van der Waals surface area contributed by atoms with Crippen LogP contribution in [-0.2, 0) is 26.3 Å². The summed E-state index contributed by atoms with van der Waals surface area (Å²) in [5, 5.41) is 7.54. The van der Waals surface area contributed by atoms with Crippen LogP contribution in [0.25, 0.3) is 10.9 Å². The van der Waals surface area contributed by atoms with E-state index in [4.69, 9.17) is 0 Å². The van der Waals surface area contributed by atoms with Gasteiger partial charge in [-0.25, -0.2) is 4.90 Å². The molecule has 2 fully saturated rings. The first-order chi connectivity index (χ1) is 17.5. The molecule has 3 N–H and O–H groups in total. The number of amides is 3. The van der Waals surface area contributed by atoms with Gasteiger partial charge in [0.05, 0.1) is 17.5 Å². The van der Waals surface area contributed by atoms with E-state index >= 15 is 0 Å². The van der Waals surface area contributed by atoms with E-state index in [0.717, 1.165) is 20.9 Å². The van der Waals surface area contributed by atoms with Gasteiger partial charge in [-0.1, -0.05) is 52.3 Å². The van der Waals surface area contributed by atoms with E-state index in [9.17, 15) is 14.4 Å². The summed E-state index contributed by atoms with van der Waals surface area (Å²) in [6, 6.07) is 22.1. The molecule has 4 atom stereocenters. The molecule has 3 amide bonds. The van der Waals surface area contributed by atoms with Gasteiger partial charge in [0.15, 0.2) is 0 Å². The van der Waals surface area contributed by atoms with Crippen LogP contribution < -0.4 is 15.5 Å². The van der Waals surface area contributed by atoms with Crippen molar-refractivity contribution in [3.63, 3.8) is 0 Å². The third-order valence-corrected chi connectivity index (χ3v) is 8.35. The minimum atomic E-state index is -1.31. The lowest BCUT2D eigenvalue weighted by molar-refractivity contribution is -0.130. The number of rotatable bonds is 3. The Hall–Kier alpha value is -3.75. The second-order valence-electron chi connectivity index (χ2n) is 9.61. The minimum Gasteiger partial charge on any atom is -0.361 e. The van der Waals surface area contributed by atoms with Crippen molar-refractivity contribution in [3.8, 4) is 0 Å². The largest absolute Gasteiger partial charge is 0.361 e. The summed E-state index contributed by atoms with van der Waals surface area (Å²) in [5.74, 6) is -2.47. The highest BCUT2D eigenvalue weighted by atomic mass is 79.9. The molecule has 3 aromatic carbocycles. The Morgan fingerprint density at radius 1 is 0.889 bits per heavy atom. The molecule has 7 rings (SSSR count). The average molecular weight is 541 g/mol. The van der Waals surface area contributed by atoms with Gasteiger partial charge in [-0.3, -0.25) is 19.7 Å². The van der Waals surface area contributed by atoms with Crippen molar-refractivity contribution in [1.82, 2.24) is 10.3 Å². The Morgan fingerprint density at radius 3 is 2.47 bits per heavy atom. The number of carbonyl (C=O) groups excluding carboxylic acids is 3. The number of halogens is 1. The lowest BCUT2D eigenvalue weighted by atomic mass is 9.76. The molecular weight excluding hydrogens is 520 g/mol. The van der Waals surface area contributed by atoms with E-state index in [-0.39, 0.29) is 17.7 Å². The van der Waals surface area contributed by atoms with Crippen molar-refractivity contribution in [2.75, 3.05) is 10.2 Å². The molecule has 36 heavy (non-hydrogen) atoms. The molecule has 178 valence electrons. The van der Waals surface area contributed by atoms with Crippen LogP contribution in [0.15, 0.2) is 83.5 Å². The van der Waals surface area contributed by atoms with Gasteiger partial charge in [-0.2, -0.15) is 0 Å². The van der Waals surface area contributed by atoms with Gasteiger partial charge in [0.25, 0.3) is 0 Å². The van der Waals surface area contributed by atoms with E-state index < -0.39 is 23.4 Å². The van der Waals surface area contributed by atoms with Crippen LogP contribution in [0.4, 0.5) is 11.4 Å². The number of H-pyrrole nitrogens is 1. The Bertz CT molecular complexity index is 1580. The number of aromatic nitrogens is 1. The summed E-state index contributed by atoms with van der Waals surface area (Å²) in [5.41, 5.74) is 2.62. The molecule has 1 aromatic heterocycles. The monoisotopic (exact) mass is 540 g/mol. The molecule has 3 aliphatic heterocycles. The number of nitrogens with one attached hydrogen (secondary N) is 3. The molecule has 0 radical (unpaired) electrons. The highest BCUT2D eigenvalue weighted by Crippen LogP contribution is 2.54. The Morgan fingerprint density at radius 2 is 1.64 bits per heavy atom. The number of imide groups is 1. The molecule has 4 heterocycles. The summed E-state index contributed by atoms with van der Waals surface area (Å²) in [6.07, 6.45) is 2.44. The van der Waals surface area contributed by atoms with Gasteiger partial charge in [0, 0.05) is 38.9 Å². The van der Waals surface area contributed by atoms with Gasteiger partial charge in [-0.05, 0) is 48.4 Å². The number of aromatic amines is 1. The van der Waals surface area contributed by atoms with Crippen LogP contribution in [0.5, 0.6) is 0 Å². The fourth-order valence-corrected chi connectivity index (χ4v) is 6.58. The normalized spacial score (nSPS) is 26.6. The summed E-state index contributed by atoms with van der Waals surface area (Å²) >= 11 is 3.42. The van der Waals surface area contributed by atoms with Crippen molar-refractivity contribution in [2.45, 2.75) is 18.0 Å². The van der Waals surface area contributed by atoms with Gasteiger partial charge in [-0.15, -0.1) is 0 Å². The molecule has 2 saturated heterocycles. The fraction of sp³-hybridized carbons (Fsp3) is 0.179. The number of hydrogen-bond acceptors (Lipinski definition) is 4. The predicted molar refractivity (Wildman–Crippen MR) is 139 cm³/mol. The summed E-state index contributed by atoms with van der Waals surface area (Å²) < 4.78 is 0.852. The molecule has 0 unspecified atom stereocenters. The number of nitrogens with zero attached hydrogens (tertiary/aromatic N) is 1. The van der Waals surface area contributed by atoms with E-state index in [0.29, 0.717) is 23.4 Å². The SMILES string of the molecule is O=C1[C@H]2[C@@H](C(=O)N1c1ccc(Br)cc1)[C@]1(N[C@@H]2Cc2c[nH]c3ccccc23)C(=O)Nc2ccccc21. The van der Waals surface area contributed by atoms with Crippen molar-refractivity contribution in [3.05, 3.63) is 94.6 Å². The Kier molecular flexibility index (Phi) is 4.56.